The molecule has 1 aliphatic heterocycles. The molecule has 1 atom stereocenters. The largest absolute Gasteiger partial charge is 0.456 e. The van der Waals surface area contributed by atoms with E-state index in [-0.39, 0.29) is 6.04 Å². The molecule has 1 aliphatic rings. The lowest BCUT2D eigenvalue weighted by molar-refractivity contribution is 0.669. The van der Waals surface area contributed by atoms with Crippen LogP contribution in [0.1, 0.15) is 24.1 Å². The molecule has 0 amide bonds. The van der Waals surface area contributed by atoms with Gasteiger partial charge >= 0.3 is 0 Å². The number of aryl methyl sites for hydroxylation is 1. The van der Waals surface area contributed by atoms with Crippen LogP contribution in [0.15, 0.2) is 180 Å². The highest BCUT2D eigenvalue weighted by atomic mass is 35.5. The van der Waals surface area contributed by atoms with E-state index in [0.29, 0.717) is 5.02 Å². The maximum absolute atomic E-state index is 7.17. The Labute approximate surface area is 326 Å². The summed E-state index contributed by atoms with van der Waals surface area (Å²) >= 11 is 7.17. The molecule has 9 aromatic rings. The summed E-state index contributed by atoms with van der Waals surface area (Å²) in [5, 5.41) is 6.57. The van der Waals surface area contributed by atoms with Crippen molar-refractivity contribution in [2.24, 2.45) is 0 Å². The van der Waals surface area contributed by atoms with Gasteiger partial charge in [-0.1, -0.05) is 145 Å². The van der Waals surface area contributed by atoms with Crippen LogP contribution in [0, 0.1) is 6.92 Å². The molecule has 3 nitrogen and oxygen atoms in total. The van der Waals surface area contributed by atoms with Gasteiger partial charge < -0.3 is 14.6 Å². The number of nitrogens with zero attached hydrogens (tertiary/aromatic N) is 1. The van der Waals surface area contributed by atoms with Crippen LogP contribution in [0.4, 0.5) is 22.7 Å². The van der Waals surface area contributed by atoms with E-state index in [2.05, 4.69) is 176 Å². The normalized spacial score (nSPS) is 12.5. The quantitative estimate of drug-likeness (QED) is 0.185. The fourth-order valence-electron chi connectivity index (χ4n) is 8.32. The Balaban J connectivity index is 1.16. The lowest BCUT2D eigenvalue weighted by Crippen LogP contribution is -2.13. The number of furan rings is 1. The number of nitrogens with one attached hydrogen (secondary N) is 1. The number of anilines is 4. The standard InChI is InChI=1S/C51H37ClN2O/c1-32-13-3-8-21-45(32)53-33(2)34-25-27-35(28-26-34)36-29-30-46-43(31-36)38-15-5-4-14-37(38)40-18-11-19-41(51(40)54(46)47-22-9-7-20-44(47)52)39-17-12-24-49-50(39)42-16-6-10-23-48(42)55-49/h3-31,33,53H,1-2H3. The second kappa shape index (κ2) is 13.4. The Hall–Kier alpha value is -6.55. The molecule has 55 heavy (non-hydrogen) atoms. The van der Waals surface area contributed by atoms with Crippen LogP contribution in [0.3, 0.4) is 0 Å². The van der Waals surface area contributed by atoms with Crippen molar-refractivity contribution < 1.29 is 4.42 Å². The van der Waals surface area contributed by atoms with E-state index in [0.717, 1.165) is 78.1 Å². The zero-order chi connectivity index (χ0) is 37.0. The molecule has 0 saturated carbocycles. The molecule has 0 radical (unpaired) electrons. The van der Waals surface area contributed by atoms with E-state index >= 15 is 0 Å². The Bertz CT molecular complexity index is 2910. The van der Waals surface area contributed by atoms with E-state index in [9.17, 15) is 0 Å². The van der Waals surface area contributed by atoms with Gasteiger partial charge in [-0.2, -0.15) is 0 Å². The summed E-state index contributed by atoms with van der Waals surface area (Å²) in [4.78, 5) is 2.37. The average Bonchev–Trinajstić information content (AvgIpc) is 3.56. The number of para-hydroxylation sites is 4. The van der Waals surface area contributed by atoms with Crippen LogP contribution in [0.25, 0.3) is 66.4 Å². The molecule has 264 valence electrons. The summed E-state index contributed by atoms with van der Waals surface area (Å²) in [5.41, 5.74) is 17.6. The number of hydrogen-bond acceptors (Lipinski definition) is 3. The van der Waals surface area contributed by atoms with E-state index in [4.69, 9.17) is 16.0 Å². The molecular weight excluding hydrogens is 692 g/mol. The van der Waals surface area contributed by atoms with Crippen LogP contribution in [0.5, 0.6) is 0 Å². The van der Waals surface area contributed by atoms with Gasteiger partial charge in [-0.05, 0) is 95.3 Å². The van der Waals surface area contributed by atoms with Gasteiger partial charge in [0.2, 0.25) is 0 Å². The van der Waals surface area contributed by atoms with Crippen LogP contribution < -0.4 is 10.2 Å². The molecule has 0 bridgehead atoms. The fourth-order valence-corrected chi connectivity index (χ4v) is 8.54. The summed E-state index contributed by atoms with van der Waals surface area (Å²) in [7, 11) is 0. The topological polar surface area (TPSA) is 28.4 Å². The first-order valence-electron chi connectivity index (χ1n) is 18.8. The zero-order valence-corrected chi connectivity index (χ0v) is 31.3. The fraction of sp³-hybridized carbons (Fsp3) is 0.0588. The van der Waals surface area contributed by atoms with Crippen molar-refractivity contribution in [2.75, 3.05) is 10.2 Å². The summed E-state index contributed by atoms with van der Waals surface area (Å²) in [5.74, 6) is 0. The Morgan fingerprint density at radius 1 is 0.527 bits per heavy atom. The van der Waals surface area contributed by atoms with Gasteiger partial charge in [0, 0.05) is 39.2 Å². The number of halogens is 1. The third-order valence-corrected chi connectivity index (χ3v) is 11.4. The molecule has 0 fully saturated rings. The SMILES string of the molecule is Cc1ccccc1NC(C)c1ccc(-c2ccc3c(c2)-c2ccccc2-c2cccc(-c4cccc5oc6ccccc6c45)c2N3c2ccccc2Cl)cc1. The lowest BCUT2D eigenvalue weighted by Gasteiger charge is -2.30. The highest BCUT2D eigenvalue weighted by Gasteiger charge is 2.30. The number of benzene rings is 8. The molecule has 1 aromatic heterocycles. The Morgan fingerprint density at radius 2 is 1.15 bits per heavy atom. The minimum atomic E-state index is 0.164. The van der Waals surface area contributed by atoms with Crippen molar-refractivity contribution in [3.8, 4) is 44.5 Å². The van der Waals surface area contributed by atoms with Crippen molar-refractivity contribution >= 4 is 56.3 Å². The average molecular weight is 729 g/mol. The van der Waals surface area contributed by atoms with E-state index in [1.165, 1.54) is 22.3 Å². The van der Waals surface area contributed by atoms with Crippen molar-refractivity contribution in [3.63, 3.8) is 0 Å². The van der Waals surface area contributed by atoms with Gasteiger partial charge in [0.1, 0.15) is 11.2 Å². The molecule has 2 heterocycles. The first-order valence-corrected chi connectivity index (χ1v) is 19.2. The molecular formula is C51H37ClN2O. The Morgan fingerprint density at radius 3 is 1.96 bits per heavy atom. The Kier molecular flexibility index (Phi) is 8.04. The lowest BCUT2D eigenvalue weighted by atomic mass is 9.90. The van der Waals surface area contributed by atoms with Crippen LogP contribution in [-0.2, 0) is 0 Å². The second-order valence-corrected chi connectivity index (χ2v) is 14.8. The summed E-state index contributed by atoms with van der Waals surface area (Å²) in [6, 6.07) is 62.7. The van der Waals surface area contributed by atoms with E-state index in [1.807, 2.05) is 24.3 Å². The first-order chi connectivity index (χ1) is 27.0. The van der Waals surface area contributed by atoms with Crippen molar-refractivity contribution in [2.45, 2.75) is 19.9 Å². The monoisotopic (exact) mass is 728 g/mol. The highest BCUT2D eigenvalue weighted by Crippen LogP contribution is 2.56. The predicted molar refractivity (Wildman–Crippen MR) is 232 cm³/mol. The van der Waals surface area contributed by atoms with E-state index < -0.39 is 0 Å². The summed E-state index contributed by atoms with van der Waals surface area (Å²) in [6.45, 7) is 4.36. The smallest absolute Gasteiger partial charge is 0.136 e. The summed E-state index contributed by atoms with van der Waals surface area (Å²) < 4.78 is 6.40. The number of fused-ring (bicyclic) bond motifs is 8. The maximum Gasteiger partial charge on any atom is 0.136 e. The zero-order valence-electron chi connectivity index (χ0n) is 30.6. The minimum absolute atomic E-state index is 0.164. The van der Waals surface area contributed by atoms with Gasteiger partial charge in [-0.3, -0.25) is 0 Å². The molecule has 0 aliphatic carbocycles. The molecule has 0 saturated heterocycles. The van der Waals surface area contributed by atoms with Crippen LogP contribution in [-0.4, -0.2) is 0 Å². The molecule has 1 unspecified atom stereocenters. The van der Waals surface area contributed by atoms with Gasteiger partial charge in [0.25, 0.3) is 0 Å². The van der Waals surface area contributed by atoms with Gasteiger partial charge in [-0.15, -0.1) is 0 Å². The molecule has 1 N–H and O–H groups in total. The molecule has 0 spiro atoms. The van der Waals surface area contributed by atoms with Gasteiger partial charge in [0.05, 0.1) is 22.1 Å². The predicted octanol–water partition coefficient (Wildman–Crippen LogP) is 15.2. The third kappa shape index (κ3) is 5.59. The second-order valence-electron chi connectivity index (χ2n) is 14.3. The van der Waals surface area contributed by atoms with Crippen molar-refractivity contribution in [1.82, 2.24) is 0 Å². The maximum atomic E-state index is 7.17. The van der Waals surface area contributed by atoms with E-state index in [1.54, 1.807) is 0 Å². The highest BCUT2D eigenvalue weighted by molar-refractivity contribution is 6.34. The first kappa shape index (κ1) is 33.1. The molecule has 10 rings (SSSR count). The van der Waals surface area contributed by atoms with Crippen molar-refractivity contribution in [3.05, 3.63) is 192 Å². The van der Waals surface area contributed by atoms with Gasteiger partial charge in [-0.25, -0.2) is 0 Å². The van der Waals surface area contributed by atoms with Crippen LogP contribution >= 0.6 is 11.6 Å². The van der Waals surface area contributed by atoms with Crippen LogP contribution in [0.2, 0.25) is 5.02 Å². The number of hydrogen-bond donors (Lipinski definition) is 1. The van der Waals surface area contributed by atoms with Gasteiger partial charge in [0.15, 0.2) is 0 Å². The molecule has 4 heteroatoms. The summed E-state index contributed by atoms with van der Waals surface area (Å²) in [6.07, 6.45) is 0. The third-order valence-electron chi connectivity index (χ3n) is 11.1. The van der Waals surface area contributed by atoms with Crippen molar-refractivity contribution in [1.29, 1.82) is 0 Å². The minimum Gasteiger partial charge on any atom is -0.456 e. The molecule has 8 aromatic carbocycles. The number of rotatable bonds is 6.